The molecule has 4 nitrogen and oxygen atoms in total. The molecule has 0 radical (unpaired) electrons. The Labute approximate surface area is 120 Å². The first-order valence-electron chi connectivity index (χ1n) is 6.39. The first kappa shape index (κ1) is 15.1. The molecule has 0 heterocycles. The van der Waals surface area contributed by atoms with Gasteiger partial charge in [-0.2, -0.15) is 0 Å². The smallest absolute Gasteiger partial charge is 0.410 e. The summed E-state index contributed by atoms with van der Waals surface area (Å²) in [6, 6.07) is 12.1. The van der Waals surface area contributed by atoms with Crippen molar-refractivity contribution in [2.45, 2.75) is 0 Å². The summed E-state index contributed by atoms with van der Waals surface area (Å²) in [5, 5.41) is 2.13. The van der Waals surface area contributed by atoms with Crippen molar-refractivity contribution < 1.29 is 18.6 Å². The lowest BCUT2D eigenvalue weighted by atomic mass is 9.68. The Morgan fingerprint density at radius 2 is 1.05 bits per heavy atom. The Balaban J connectivity index is 2.69. The maximum atomic E-state index is 5.39. The third kappa shape index (κ3) is 2.74. The molecule has 0 aliphatic heterocycles. The van der Waals surface area contributed by atoms with Gasteiger partial charge in [0.05, 0.1) is 0 Å². The molecule has 0 atom stereocenters. The molecule has 0 aromatic heterocycles. The predicted octanol–water partition coefficient (Wildman–Crippen LogP) is 0.816. The van der Waals surface area contributed by atoms with E-state index in [9.17, 15) is 0 Å². The van der Waals surface area contributed by atoms with Crippen LogP contribution in [0.1, 0.15) is 0 Å². The van der Waals surface area contributed by atoms with Crippen molar-refractivity contribution >= 4 is 35.9 Å². The first-order valence-corrected chi connectivity index (χ1v) is 6.39. The fraction of sp³-hybridized carbons (Fsp3) is 0.286. The van der Waals surface area contributed by atoms with Gasteiger partial charge < -0.3 is 18.6 Å². The van der Waals surface area contributed by atoms with Crippen LogP contribution in [-0.2, 0) is 18.6 Å². The minimum atomic E-state index is -0.422. The number of hydrogen-bond donors (Lipinski definition) is 0. The van der Waals surface area contributed by atoms with Crippen LogP contribution in [-0.4, -0.2) is 42.7 Å². The lowest BCUT2D eigenvalue weighted by Crippen LogP contribution is -2.42. The summed E-state index contributed by atoms with van der Waals surface area (Å²) in [4.78, 5) is 0. The summed E-state index contributed by atoms with van der Waals surface area (Å²) in [7, 11) is 5.65. The van der Waals surface area contributed by atoms with E-state index in [1.54, 1.807) is 28.4 Å². The van der Waals surface area contributed by atoms with Crippen molar-refractivity contribution in [3.63, 3.8) is 0 Å². The van der Waals surface area contributed by atoms with E-state index in [0.29, 0.717) is 0 Å². The Bertz CT molecular complexity index is 521. The number of hydrogen-bond acceptors (Lipinski definition) is 4. The molecule has 0 saturated carbocycles. The van der Waals surface area contributed by atoms with Crippen LogP contribution >= 0.6 is 0 Å². The van der Waals surface area contributed by atoms with E-state index in [-0.39, 0.29) is 0 Å². The minimum absolute atomic E-state index is 0.422. The summed E-state index contributed by atoms with van der Waals surface area (Å²) in [6.07, 6.45) is 0. The van der Waals surface area contributed by atoms with Gasteiger partial charge in [0.15, 0.2) is 0 Å². The van der Waals surface area contributed by atoms with E-state index in [0.717, 1.165) is 21.7 Å². The molecule has 0 amide bonds. The van der Waals surface area contributed by atoms with E-state index < -0.39 is 14.2 Å². The molecule has 0 aliphatic carbocycles. The fourth-order valence-corrected chi connectivity index (χ4v) is 2.49. The van der Waals surface area contributed by atoms with Crippen molar-refractivity contribution in [1.82, 2.24) is 0 Å². The van der Waals surface area contributed by atoms with Crippen molar-refractivity contribution in [3.05, 3.63) is 36.4 Å². The molecular weight excluding hydrogens is 254 g/mol. The van der Waals surface area contributed by atoms with E-state index in [2.05, 4.69) is 0 Å². The minimum Gasteiger partial charge on any atom is -0.410 e. The van der Waals surface area contributed by atoms with Crippen molar-refractivity contribution in [3.8, 4) is 0 Å². The normalized spacial score (nSPS) is 10.8. The standard InChI is InChI=1S/C14H18B2O4/c1-17-15(18-2)12-9-5-7-11-8-6-10-13(14(11)12)16(19-3)20-4/h5-10H,1-4H3. The highest BCUT2D eigenvalue weighted by Crippen LogP contribution is 2.12. The molecule has 0 bridgehead atoms. The van der Waals surface area contributed by atoms with Crippen LogP contribution in [0.25, 0.3) is 10.8 Å². The quantitative estimate of drug-likeness (QED) is 0.729. The first-order chi connectivity index (χ1) is 9.76. The van der Waals surface area contributed by atoms with Gasteiger partial charge in [-0.1, -0.05) is 36.4 Å². The molecule has 20 heavy (non-hydrogen) atoms. The topological polar surface area (TPSA) is 36.9 Å². The van der Waals surface area contributed by atoms with Gasteiger partial charge in [-0.05, 0) is 21.7 Å². The molecule has 0 saturated heterocycles. The fourth-order valence-electron chi connectivity index (χ4n) is 2.49. The molecular formula is C14H18B2O4. The average molecular weight is 272 g/mol. The molecule has 0 aliphatic rings. The molecule has 0 spiro atoms. The zero-order valence-electron chi connectivity index (χ0n) is 12.3. The van der Waals surface area contributed by atoms with E-state index in [4.69, 9.17) is 18.6 Å². The molecule has 0 N–H and O–H groups in total. The van der Waals surface area contributed by atoms with Crippen LogP contribution in [0, 0.1) is 0 Å². The lowest BCUT2D eigenvalue weighted by molar-refractivity contribution is 0.291. The Morgan fingerprint density at radius 1 is 0.650 bits per heavy atom. The van der Waals surface area contributed by atoms with Crippen LogP contribution < -0.4 is 10.9 Å². The highest BCUT2D eigenvalue weighted by molar-refractivity contribution is 6.70. The Kier molecular flexibility index (Phi) is 5.20. The molecule has 2 aromatic carbocycles. The Hall–Kier alpha value is -1.33. The molecule has 0 fully saturated rings. The molecule has 104 valence electrons. The van der Waals surface area contributed by atoms with Crippen molar-refractivity contribution in [2.24, 2.45) is 0 Å². The maximum absolute atomic E-state index is 5.39. The monoisotopic (exact) mass is 272 g/mol. The SMILES string of the molecule is COB(OC)c1cccc2cccc(B(OC)OC)c12. The van der Waals surface area contributed by atoms with Crippen LogP contribution in [0.15, 0.2) is 36.4 Å². The second-order valence-electron chi connectivity index (χ2n) is 4.40. The van der Waals surface area contributed by atoms with Crippen LogP contribution in [0.4, 0.5) is 0 Å². The van der Waals surface area contributed by atoms with E-state index >= 15 is 0 Å². The summed E-state index contributed by atoms with van der Waals surface area (Å²) in [6.45, 7) is 0. The van der Waals surface area contributed by atoms with Crippen molar-refractivity contribution in [1.29, 1.82) is 0 Å². The second kappa shape index (κ2) is 6.90. The number of rotatable bonds is 6. The van der Waals surface area contributed by atoms with E-state index in [1.165, 1.54) is 0 Å². The summed E-state index contributed by atoms with van der Waals surface area (Å²) in [5.41, 5.74) is 1.92. The van der Waals surface area contributed by atoms with Gasteiger partial charge in [0.25, 0.3) is 0 Å². The van der Waals surface area contributed by atoms with Gasteiger partial charge >= 0.3 is 14.2 Å². The summed E-state index contributed by atoms with van der Waals surface area (Å²) < 4.78 is 21.6. The third-order valence-electron chi connectivity index (χ3n) is 3.33. The second-order valence-corrected chi connectivity index (χ2v) is 4.40. The predicted molar refractivity (Wildman–Crippen MR) is 82.8 cm³/mol. The third-order valence-corrected chi connectivity index (χ3v) is 3.33. The van der Waals surface area contributed by atoms with Crippen LogP contribution in [0.3, 0.4) is 0 Å². The van der Waals surface area contributed by atoms with Gasteiger partial charge in [0, 0.05) is 28.4 Å². The number of benzene rings is 2. The largest absolute Gasteiger partial charge is 0.494 e. The molecule has 6 heteroatoms. The summed E-state index contributed by atoms with van der Waals surface area (Å²) >= 11 is 0. The zero-order valence-corrected chi connectivity index (χ0v) is 12.3. The van der Waals surface area contributed by atoms with Crippen molar-refractivity contribution in [2.75, 3.05) is 28.4 Å². The van der Waals surface area contributed by atoms with Gasteiger partial charge in [-0.3, -0.25) is 0 Å². The molecule has 0 unspecified atom stereocenters. The lowest BCUT2D eigenvalue weighted by Gasteiger charge is -2.17. The van der Waals surface area contributed by atoms with Gasteiger partial charge in [0.1, 0.15) is 0 Å². The van der Waals surface area contributed by atoms with Gasteiger partial charge in [-0.15, -0.1) is 0 Å². The average Bonchev–Trinajstić information content (AvgIpc) is 2.50. The summed E-state index contributed by atoms with van der Waals surface area (Å²) in [5.74, 6) is 0. The highest BCUT2D eigenvalue weighted by atomic mass is 16.6. The number of fused-ring (bicyclic) bond motifs is 1. The van der Waals surface area contributed by atoms with Gasteiger partial charge in [0.2, 0.25) is 0 Å². The Morgan fingerprint density at radius 3 is 1.40 bits per heavy atom. The molecule has 2 aromatic rings. The van der Waals surface area contributed by atoms with E-state index in [1.807, 2.05) is 36.4 Å². The van der Waals surface area contributed by atoms with Crippen LogP contribution in [0.2, 0.25) is 0 Å². The van der Waals surface area contributed by atoms with Crippen LogP contribution in [0.5, 0.6) is 0 Å². The maximum Gasteiger partial charge on any atom is 0.494 e. The van der Waals surface area contributed by atoms with Gasteiger partial charge in [-0.25, -0.2) is 0 Å². The highest BCUT2D eigenvalue weighted by Gasteiger charge is 2.27. The molecule has 2 rings (SSSR count). The zero-order chi connectivity index (χ0) is 14.5.